The van der Waals surface area contributed by atoms with Crippen LogP contribution in [0.2, 0.25) is 0 Å². The highest BCUT2D eigenvalue weighted by Gasteiger charge is 2.25. The molecule has 3 heterocycles. The number of nitrogens with zero attached hydrogens (tertiary/aromatic N) is 3. The summed E-state index contributed by atoms with van der Waals surface area (Å²) in [7, 11) is 0. The van der Waals surface area contributed by atoms with Gasteiger partial charge in [-0.1, -0.05) is 12.8 Å². The smallest absolute Gasteiger partial charge is 0.252 e. The predicted octanol–water partition coefficient (Wildman–Crippen LogP) is 2.75. The molecule has 178 valence electrons. The second-order valence-electron chi connectivity index (χ2n) is 8.97. The number of pyridine rings is 2. The number of morpholine rings is 1. The lowest BCUT2D eigenvalue weighted by Crippen LogP contribution is -2.45. The van der Waals surface area contributed by atoms with Crippen molar-refractivity contribution < 1.29 is 13.9 Å². The Labute approximate surface area is 193 Å². The summed E-state index contributed by atoms with van der Waals surface area (Å²) in [6, 6.07) is 4.68. The summed E-state index contributed by atoms with van der Waals surface area (Å²) in [5.41, 5.74) is 12.2. The van der Waals surface area contributed by atoms with Gasteiger partial charge in [0.25, 0.3) is 5.91 Å². The van der Waals surface area contributed by atoms with E-state index in [0.717, 1.165) is 50.7 Å². The Morgan fingerprint density at radius 1 is 1.18 bits per heavy atom. The molecule has 10 heteroatoms. The van der Waals surface area contributed by atoms with Crippen molar-refractivity contribution in [3.8, 4) is 0 Å². The molecule has 4 atom stereocenters. The number of nitrogens with one attached hydrogen (secondary N) is 2. The Bertz CT molecular complexity index is 978. The van der Waals surface area contributed by atoms with E-state index in [4.69, 9.17) is 16.2 Å². The van der Waals surface area contributed by atoms with Crippen molar-refractivity contribution in [2.45, 2.75) is 63.8 Å². The molecule has 1 saturated heterocycles. The van der Waals surface area contributed by atoms with Gasteiger partial charge in [0.2, 0.25) is 0 Å². The maximum atomic E-state index is 14.7. The van der Waals surface area contributed by atoms with Gasteiger partial charge in [-0.15, -0.1) is 0 Å². The highest BCUT2D eigenvalue weighted by atomic mass is 19.1. The van der Waals surface area contributed by atoms with Crippen LogP contribution in [0.1, 0.15) is 49.9 Å². The van der Waals surface area contributed by atoms with Gasteiger partial charge in [-0.05, 0) is 44.9 Å². The summed E-state index contributed by atoms with van der Waals surface area (Å²) in [4.78, 5) is 23.0. The molecule has 0 radical (unpaired) electrons. The van der Waals surface area contributed by atoms with Gasteiger partial charge in [0.05, 0.1) is 29.7 Å². The molecule has 1 amide bonds. The van der Waals surface area contributed by atoms with Gasteiger partial charge in [0.1, 0.15) is 11.6 Å². The predicted molar refractivity (Wildman–Crippen MR) is 126 cm³/mol. The van der Waals surface area contributed by atoms with E-state index >= 15 is 0 Å². The maximum absolute atomic E-state index is 14.7. The lowest BCUT2D eigenvalue weighted by molar-refractivity contribution is -0.00545. The number of amides is 1. The normalized spacial score (nSPS) is 25.5. The molecule has 1 aliphatic carbocycles. The number of carbonyl (C=O) groups excluding carboxylic acids is 1. The SMILES string of the molecule is C[C@@H]1CN(c2ccc(Nc3nc(NC4CCCCC4N)c(F)cc3C(N)=O)cn2)C[C@H](C)O1. The number of hydrogen-bond acceptors (Lipinski definition) is 8. The van der Waals surface area contributed by atoms with E-state index in [0.29, 0.717) is 5.69 Å². The highest BCUT2D eigenvalue weighted by molar-refractivity contribution is 5.98. The molecule has 2 aliphatic rings. The number of hydrogen-bond donors (Lipinski definition) is 4. The van der Waals surface area contributed by atoms with Crippen molar-refractivity contribution in [2.75, 3.05) is 28.6 Å². The minimum absolute atomic E-state index is 0.0362. The number of nitrogens with two attached hydrogens (primary N) is 2. The number of ether oxygens (including phenoxy) is 1. The van der Waals surface area contributed by atoms with Gasteiger partial charge in [-0.25, -0.2) is 14.4 Å². The highest BCUT2D eigenvalue weighted by Crippen LogP contribution is 2.27. The summed E-state index contributed by atoms with van der Waals surface area (Å²) in [5.74, 6) is -0.370. The van der Waals surface area contributed by atoms with Gasteiger partial charge >= 0.3 is 0 Å². The Balaban J connectivity index is 1.54. The summed E-state index contributed by atoms with van der Waals surface area (Å²) in [6.07, 6.45) is 5.70. The molecule has 2 aromatic rings. The minimum atomic E-state index is -0.773. The Morgan fingerprint density at radius 2 is 1.91 bits per heavy atom. The monoisotopic (exact) mass is 457 g/mol. The molecule has 0 bridgehead atoms. The third kappa shape index (κ3) is 5.51. The third-order valence-electron chi connectivity index (χ3n) is 6.14. The molecular weight excluding hydrogens is 425 g/mol. The number of anilines is 4. The number of aromatic nitrogens is 2. The summed E-state index contributed by atoms with van der Waals surface area (Å²) >= 11 is 0. The summed E-state index contributed by atoms with van der Waals surface area (Å²) in [6.45, 7) is 5.59. The minimum Gasteiger partial charge on any atom is -0.372 e. The average molecular weight is 458 g/mol. The van der Waals surface area contributed by atoms with Crippen LogP contribution < -0.4 is 27.0 Å². The molecular formula is C23H32FN7O2. The van der Waals surface area contributed by atoms with Gasteiger partial charge < -0.3 is 31.7 Å². The van der Waals surface area contributed by atoms with Crippen LogP contribution >= 0.6 is 0 Å². The van der Waals surface area contributed by atoms with Crippen LogP contribution in [0.25, 0.3) is 0 Å². The summed E-state index contributed by atoms with van der Waals surface area (Å²) in [5, 5.41) is 6.18. The Hall–Kier alpha value is -2.98. The second-order valence-corrected chi connectivity index (χ2v) is 8.97. The fourth-order valence-electron chi connectivity index (χ4n) is 4.54. The zero-order valence-electron chi connectivity index (χ0n) is 19.1. The van der Waals surface area contributed by atoms with Crippen molar-refractivity contribution >= 4 is 29.0 Å². The Morgan fingerprint density at radius 3 is 2.55 bits per heavy atom. The molecule has 2 unspecified atom stereocenters. The van der Waals surface area contributed by atoms with E-state index in [-0.39, 0.29) is 41.5 Å². The zero-order valence-corrected chi connectivity index (χ0v) is 19.1. The van der Waals surface area contributed by atoms with E-state index in [1.165, 1.54) is 0 Å². The van der Waals surface area contributed by atoms with E-state index < -0.39 is 11.7 Å². The molecule has 6 N–H and O–H groups in total. The first-order valence-electron chi connectivity index (χ1n) is 11.5. The van der Waals surface area contributed by atoms with Crippen molar-refractivity contribution in [3.05, 3.63) is 35.8 Å². The van der Waals surface area contributed by atoms with Crippen LogP contribution in [0, 0.1) is 5.82 Å². The molecule has 9 nitrogen and oxygen atoms in total. The van der Waals surface area contributed by atoms with E-state index in [1.807, 2.05) is 26.0 Å². The van der Waals surface area contributed by atoms with E-state index in [1.54, 1.807) is 6.20 Å². The lowest BCUT2D eigenvalue weighted by atomic mass is 9.91. The molecule has 33 heavy (non-hydrogen) atoms. The molecule has 4 rings (SSSR count). The average Bonchev–Trinajstić information content (AvgIpc) is 2.77. The fraction of sp³-hybridized carbons (Fsp3) is 0.522. The molecule has 2 fully saturated rings. The first-order chi connectivity index (χ1) is 15.8. The number of primary amides is 1. The van der Waals surface area contributed by atoms with Gasteiger partial charge in [-0.2, -0.15) is 0 Å². The van der Waals surface area contributed by atoms with Crippen molar-refractivity contribution in [1.29, 1.82) is 0 Å². The maximum Gasteiger partial charge on any atom is 0.252 e. The van der Waals surface area contributed by atoms with Gasteiger partial charge in [0.15, 0.2) is 11.6 Å². The molecule has 0 aromatic carbocycles. The van der Waals surface area contributed by atoms with Crippen LogP contribution in [0.3, 0.4) is 0 Å². The van der Waals surface area contributed by atoms with E-state index in [2.05, 4.69) is 25.5 Å². The fourth-order valence-corrected chi connectivity index (χ4v) is 4.54. The van der Waals surface area contributed by atoms with Gasteiger partial charge in [0, 0.05) is 25.2 Å². The van der Waals surface area contributed by atoms with Crippen LogP contribution in [0.5, 0.6) is 0 Å². The zero-order chi connectivity index (χ0) is 23.5. The first kappa shape index (κ1) is 23.2. The number of carbonyl (C=O) groups is 1. The van der Waals surface area contributed by atoms with E-state index in [9.17, 15) is 9.18 Å². The number of rotatable bonds is 6. The summed E-state index contributed by atoms with van der Waals surface area (Å²) < 4.78 is 20.5. The molecule has 2 aromatic heterocycles. The van der Waals surface area contributed by atoms with Crippen molar-refractivity contribution in [3.63, 3.8) is 0 Å². The topological polar surface area (TPSA) is 131 Å². The van der Waals surface area contributed by atoms with Crippen LogP contribution in [-0.2, 0) is 4.74 Å². The lowest BCUT2D eigenvalue weighted by Gasteiger charge is -2.36. The molecule has 1 saturated carbocycles. The van der Waals surface area contributed by atoms with Crippen molar-refractivity contribution in [1.82, 2.24) is 9.97 Å². The largest absolute Gasteiger partial charge is 0.372 e. The quantitative estimate of drug-likeness (QED) is 0.521. The molecule has 1 aliphatic heterocycles. The second kappa shape index (κ2) is 9.88. The first-order valence-corrected chi connectivity index (χ1v) is 11.5. The standard InChI is InChI=1S/C23H32FN7O2/c1-13-11-31(12-14(2)33-13)20-8-7-15(10-27-20)28-22-16(21(26)32)9-17(24)23(30-22)29-19-6-4-3-5-18(19)25/h7-10,13-14,18-19H,3-6,11-12,25H2,1-2H3,(H2,26,32)(H2,28,29,30)/t13-,14+,18?,19?. The van der Waals surface area contributed by atoms with Crippen molar-refractivity contribution in [2.24, 2.45) is 11.5 Å². The number of halogens is 1. The molecule has 0 spiro atoms. The Kier molecular flexibility index (Phi) is 6.94. The third-order valence-corrected chi connectivity index (χ3v) is 6.14. The van der Waals surface area contributed by atoms with Gasteiger partial charge in [-0.3, -0.25) is 4.79 Å². The van der Waals surface area contributed by atoms with Crippen LogP contribution in [0.15, 0.2) is 24.4 Å². The van der Waals surface area contributed by atoms with Crippen LogP contribution in [0.4, 0.5) is 27.5 Å². The van der Waals surface area contributed by atoms with Crippen LogP contribution in [-0.4, -0.2) is 53.3 Å².